The van der Waals surface area contributed by atoms with Crippen molar-refractivity contribution in [2.45, 2.75) is 20.5 Å². The number of carbonyl (C=O) groups excluding carboxylic acids is 1. The molecule has 5 nitrogen and oxygen atoms in total. The first-order valence-corrected chi connectivity index (χ1v) is 7.74. The molecule has 0 spiro atoms. The lowest BCUT2D eigenvalue weighted by Crippen LogP contribution is -2.15. The maximum Gasteiger partial charge on any atom is 0.278 e. The molecule has 25 heavy (non-hydrogen) atoms. The number of anilines is 1. The highest BCUT2D eigenvalue weighted by molar-refractivity contribution is 6.03. The Bertz CT molecular complexity index is 888. The van der Waals surface area contributed by atoms with Crippen LogP contribution in [0, 0.1) is 19.7 Å². The Morgan fingerprint density at radius 2 is 1.96 bits per heavy atom. The third kappa shape index (κ3) is 4.03. The fraction of sp³-hybridized carbons (Fsp3) is 0.158. The predicted octanol–water partition coefficient (Wildman–Crippen LogP) is 4.26. The zero-order chi connectivity index (χ0) is 17.8. The van der Waals surface area contributed by atoms with Gasteiger partial charge in [-0.15, -0.1) is 0 Å². The standard InChI is InChI=1S/C19H17FN2O3/c1-12-4-3-5-15(10-12)21-19(23)18-17(13(2)25-22-18)11-24-16-8-6-14(20)7-9-16/h3-10H,11H2,1-2H3,(H,21,23). The summed E-state index contributed by atoms with van der Waals surface area (Å²) in [5, 5.41) is 6.63. The number of hydrogen-bond acceptors (Lipinski definition) is 4. The van der Waals surface area contributed by atoms with Gasteiger partial charge in [0.25, 0.3) is 5.91 Å². The van der Waals surface area contributed by atoms with E-state index in [9.17, 15) is 9.18 Å². The zero-order valence-corrected chi connectivity index (χ0v) is 13.9. The second-order valence-electron chi connectivity index (χ2n) is 5.63. The molecule has 0 fully saturated rings. The minimum absolute atomic E-state index is 0.0948. The van der Waals surface area contributed by atoms with Gasteiger partial charge in [0.2, 0.25) is 0 Å². The lowest BCUT2D eigenvalue weighted by atomic mass is 10.2. The van der Waals surface area contributed by atoms with Crippen molar-refractivity contribution in [3.63, 3.8) is 0 Å². The normalized spacial score (nSPS) is 10.5. The second-order valence-corrected chi connectivity index (χ2v) is 5.63. The van der Waals surface area contributed by atoms with Gasteiger partial charge < -0.3 is 14.6 Å². The van der Waals surface area contributed by atoms with Gasteiger partial charge in [-0.2, -0.15) is 0 Å². The summed E-state index contributed by atoms with van der Waals surface area (Å²) in [5.74, 6) is 0.274. The van der Waals surface area contributed by atoms with Gasteiger partial charge in [-0.05, 0) is 55.8 Å². The fourth-order valence-electron chi connectivity index (χ4n) is 2.34. The van der Waals surface area contributed by atoms with Crippen molar-refractivity contribution in [1.29, 1.82) is 0 Å². The van der Waals surface area contributed by atoms with Gasteiger partial charge in [-0.3, -0.25) is 4.79 Å². The van der Waals surface area contributed by atoms with E-state index < -0.39 is 0 Å². The first kappa shape index (κ1) is 16.7. The van der Waals surface area contributed by atoms with Crippen molar-refractivity contribution in [3.8, 4) is 5.75 Å². The molecule has 6 heteroatoms. The molecule has 0 saturated heterocycles. The lowest BCUT2D eigenvalue weighted by molar-refractivity contribution is 0.101. The van der Waals surface area contributed by atoms with Crippen molar-refractivity contribution in [3.05, 3.63) is 76.9 Å². The number of amides is 1. The molecule has 0 atom stereocenters. The summed E-state index contributed by atoms with van der Waals surface area (Å²) in [4.78, 5) is 12.5. The van der Waals surface area contributed by atoms with Crippen LogP contribution in [0.2, 0.25) is 0 Å². The second kappa shape index (κ2) is 7.17. The minimum atomic E-state index is -0.375. The third-order valence-electron chi connectivity index (χ3n) is 3.67. The van der Waals surface area contributed by atoms with Crippen LogP contribution in [0.3, 0.4) is 0 Å². The van der Waals surface area contributed by atoms with Gasteiger partial charge in [0.15, 0.2) is 5.69 Å². The summed E-state index contributed by atoms with van der Waals surface area (Å²) in [6, 6.07) is 13.1. The quantitative estimate of drug-likeness (QED) is 0.754. The van der Waals surface area contributed by atoms with Crippen LogP contribution in [-0.2, 0) is 6.61 Å². The van der Waals surface area contributed by atoms with Crippen LogP contribution in [-0.4, -0.2) is 11.1 Å². The summed E-state index contributed by atoms with van der Waals surface area (Å²) in [7, 11) is 0. The Kier molecular flexibility index (Phi) is 4.79. The fourth-order valence-corrected chi connectivity index (χ4v) is 2.34. The highest BCUT2D eigenvalue weighted by Gasteiger charge is 2.20. The molecule has 2 aromatic carbocycles. The van der Waals surface area contributed by atoms with E-state index in [4.69, 9.17) is 9.26 Å². The molecule has 0 bridgehead atoms. The van der Waals surface area contributed by atoms with Gasteiger partial charge in [0, 0.05) is 5.69 Å². The molecule has 1 aromatic heterocycles. The van der Waals surface area contributed by atoms with E-state index in [0.717, 1.165) is 5.56 Å². The molecule has 3 aromatic rings. The molecular formula is C19H17FN2O3. The number of rotatable bonds is 5. The smallest absolute Gasteiger partial charge is 0.278 e. The van der Waals surface area contributed by atoms with Crippen LogP contribution in [0.15, 0.2) is 53.1 Å². The summed E-state index contributed by atoms with van der Waals surface area (Å²) >= 11 is 0. The maximum absolute atomic E-state index is 12.9. The van der Waals surface area contributed by atoms with Crippen molar-refractivity contribution >= 4 is 11.6 Å². The highest BCUT2D eigenvalue weighted by Crippen LogP contribution is 2.20. The van der Waals surface area contributed by atoms with Gasteiger partial charge in [0.05, 0.1) is 5.56 Å². The summed E-state index contributed by atoms with van der Waals surface area (Å²) in [6.45, 7) is 3.75. The van der Waals surface area contributed by atoms with Gasteiger partial charge in [0.1, 0.15) is 23.9 Å². The Balaban J connectivity index is 1.74. The molecule has 3 rings (SSSR count). The highest BCUT2D eigenvalue weighted by atomic mass is 19.1. The van der Waals surface area contributed by atoms with Gasteiger partial charge in [-0.1, -0.05) is 17.3 Å². The predicted molar refractivity (Wildman–Crippen MR) is 91.1 cm³/mol. The topological polar surface area (TPSA) is 64.4 Å². The van der Waals surface area contributed by atoms with Crippen LogP contribution >= 0.6 is 0 Å². The zero-order valence-electron chi connectivity index (χ0n) is 13.9. The molecule has 0 aliphatic rings. The number of nitrogens with one attached hydrogen (secondary N) is 1. The van der Waals surface area contributed by atoms with E-state index in [-0.39, 0.29) is 24.0 Å². The Morgan fingerprint density at radius 3 is 2.68 bits per heavy atom. The number of ether oxygens (including phenoxy) is 1. The van der Waals surface area contributed by atoms with E-state index >= 15 is 0 Å². The number of halogens is 1. The summed E-state index contributed by atoms with van der Waals surface area (Å²) in [6.07, 6.45) is 0. The SMILES string of the molecule is Cc1cccc(NC(=O)c2noc(C)c2COc2ccc(F)cc2)c1. The number of nitrogens with zero attached hydrogens (tertiary/aromatic N) is 1. The number of aryl methyl sites for hydroxylation is 2. The van der Waals surface area contributed by atoms with Crippen LogP contribution in [0.4, 0.5) is 10.1 Å². The van der Waals surface area contributed by atoms with Crippen molar-refractivity contribution in [1.82, 2.24) is 5.16 Å². The average molecular weight is 340 g/mol. The number of benzene rings is 2. The Morgan fingerprint density at radius 1 is 1.20 bits per heavy atom. The average Bonchev–Trinajstić information content (AvgIpc) is 2.95. The van der Waals surface area contributed by atoms with E-state index in [1.807, 2.05) is 25.1 Å². The molecule has 0 aliphatic carbocycles. The molecule has 1 heterocycles. The van der Waals surface area contributed by atoms with Gasteiger partial charge in [-0.25, -0.2) is 4.39 Å². The van der Waals surface area contributed by atoms with E-state index in [1.165, 1.54) is 24.3 Å². The lowest BCUT2D eigenvalue weighted by Gasteiger charge is -2.08. The van der Waals surface area contributed by atoms with Crippen molar-refractivity contribution < 1.29 is 18.4 Å². The van der Waals surface area contributed by atoms with Crippen molar-refractivity contribution in [2.75, 3.05) is 5.32 Å². The Hall–Kier alpha value is -3.15. The largest absolute Gasteiger partial charge is 0.489 e. The number of aromatic nitrogens is 1. The summed E-state index contributed by atoms with van der Waals surface area (Å²) < 4.78 is 23.7. The first-order chi connectivity index (χ1) is 12.0. The van der Waals surface area contributed by atoms with Crippen molar-refractivity contribution in [2.24, 2.45) is 0 Å². The summed E-state index contributed by atoms with van der Waals surface area (Å²) in [5.41, 5.74) is 2.43. The number of hydrogen-bond donors (Lipinski definition) is 1. The first-order valence-electron chi connectivity index (χ1n) is 7.74. The van der Waals surface area contributed by atoms with Gasteiger partial charge >= 0.3 is 0 Å². The van der Waals surface area contributed by atoms with E-state index in [2.05, 4.69) is 10.5 Å². The molecule has 128 valence electrons. The molecule has 0 unspecified atom stereocenters. The third-order valence-corrected chi connectivity index (χ3v) is 3.67. The maximum atomic E-state index is 12.9. The molecule has 1 amide bonds. The van der Waals surface area contributed by atoms with E-state index in [1.54, 1.807) is 13.0 Å². The monoisotopic (exact) mass is 340 g/mol. The van der Waals surface area contributed by atoms with E-state index in [0.29, 0.717) is 22.8 Å². The van der Waals surface area contributed by atoms with Crippen LogP contribution in [0.25, 0.3) is 0 Å². The molecule has 0 saturated carbocycles. The number of carbonyl (C=O) groups is 1. The molecule has 1 N–H and O–H groups in total. The molecule has 0 aliphatic heterocycles. The van der Waals surface area contributed by atoms with Crippen LogP contribution in [0.5, 0.6) is 5.75 Å². The van der Waals surface area contributed by atoms with Crippen LogP contribution in [0.1, 0.15) is 27.4 Å². The Labute approximate surface area is 144 Å². The minimum Gasteiger partial charge on any atom is -0.489 e. The molecule has 0 radical (unpaired) electrons. The molecular weight excluding hydrogens is 323 g/mol. The van der Waals surface area contributed by atoms with Crippen LogP contribution < -0.4 is 10.1 Å².